The molecule has 0 atom stereocenters. The maximum Gasteiger partial charge on any atom is 0.0366 e. The van der Waals surface area contributed by atoms with Crippen LogP contribution in [0.15, 0.2) is 194 Å². The van der Waals surface area contributed by atoms with Gasteiger partial charge in [0.25, 0.3) is 0 Å². The molecule has 0 radical (unpaired) electrons. The normalized spacial score (nSPS) is 10.9. The number of hydrogen-bond donors (Lipinski definition) is 0. The second kappa shape index (κ2) is 36.0. The lowest BCUT2D eigenvalue weighted by atomic mass is 9.85. The van der Waals surface area contributed by atoms with Gasteiger partial charge in [0, 0.05) is 150 Å². The molecule has 8 aromatic rings. The van der Waals surface area contributed by atoms with Crippen molar-refractivity contribution in [3.05, 3.63) is 239 Å². The summed E-state index contributed by atoms with van der Waals surface area (Å²) in [5.41, 5.74) is 24.9. The SMILES string of the molecule is CCN(CC)c1ccc(C(=C(c2ccc(N(CC)CC)cc2)c2ccc(N(CC)CC)cc2)c2ccc(N(CC)CC)cc2)cc1.CCN(CC)c1ccc(C(=C(c2ccc(N(CC)CC)cc2)c2ccc(N(CC)CC)cc2)c2ccc(N(CC)CC)cc2)cc1. The lowest BCUT2D eigenvalue weighted by Crippen LogP contribution is -2.21. The third-order valence-corrected chi connectivity index (χ3v) is 18.8. The Kier molecular flexibility index (Phi) is 27.8. The molecule has 0 aliphatic carbocycles. The lowest BCUT2D eigenvalue weighted by Gasteiger charge is -2.25. The average Bonchev–Trinajstić information content (AvgIpc) is 0.834. The summed E-state index contributed by atoms with van der Waals surface area (Å²) in [6, 6.07) is 73.7. The van der Waals surface area contributed by atoms with E-state index in [0.29, 0.717) is 0 Å². The Morgan fingerprint density at radius 2 is 0.217 bits per heavy atom. The zero-order chi connectivity index (χ0) is 66.1. The van der Waals surface area contributed by atoms with Gasteiger partial charge in [-0.05, 0) is 275 Å². The van der Waals surface area contributed by atoms with Gasteiger partial charge < -0.3 is 39.2 Å². The van der Waals surface area contributed by atoms with Crippen LogP contribution < -0.4 is 39.2 Å². The van der Waals surface area contributed by atoms with Crippen LogP contribution in [0.2, 0.25) is 0 Å². The van der Waals surface area contributed by atoms with Crippen molar-refractivity contribution in [3.63, 3.8) is 0 Å². The number of anilines is 8. The topological polar surface area (TPSA) is 25.9 Å². The molecule has 0 N–H and O–H groups in total. The fraction of sp³-hybridized carbons (Fsp3) is 0.381. The second-order valence-corrected chi connectivity index (χ2v) is 23.3. The van der Waals surface area contributed by atoms with Crippen molar-refractivity contribution in [1.82, 2.24) is 0 Å². The largest absolute Gasteiger partial charge is 0.372 e. The van der Waals surface area contributed by atoms with E-state index < -0.39 is 0 Å². The minimum Gasteiger partial charge on any atom is -0.372 e. The van der Waals surface area contributed by atoms with Crippen LogP contribution in [0, 0.1) is 0 Å². The monoisotopic (exact) mass is 1230 g/mol. The molecule has 0 saturated carbocycles. The molecule has 0 aliphatic heterocycles. The van der Waals surface area contributed by atoms with Gasteiger partial charge in [-0.3, -0.25) is 0 Å². The van der Waals surface area contributed by atoms with Crippen LogP contribution in [0.5, 0.6) is 0 Å². The van der Waals surface area contributed by atoms with E-state index in [1.165, 1.54) is 112 Å². The molecule has 8 aromatic carbocycles. The van der Waals surface area contributed by atoms with E-state index in [0.717, 1.165) is 105 Å². The van der Waals surface area contributed by atoms with Crippen LogP contribution in [0.4, 0.5) is 45.5 Å². The zero-order valence-electron chi connectivity index (χ0n) is 59.4. The molecular weight excluding hydrogens is 1120 g/mol. The Morgan fingerprint density at radius 1 is 0.141 bits per heavy atom. The van der Waals surface area contributed by atoms with Gasteiger partial charge in [0.15, 0.2) is 0 Å². The summed E-state index contributed by atoms with van der Waals surface area (Å²) in [5, 5.41) is 0. The van der Waals surface area contributed by atoms with Gasteiger partial charge in [-0.2, -0.15) is 0 Å². The van der Waals surface area contributed by atoms with Crippen molar-refractivity contribution >= 4 is 67.8 Å². The first-order chi connectivity index (χ1) is 44.9. The smallest absolute Gasteiger partial charge is 0.0366 e. The standard InChI is InChI=1S/2C42H56N4/c2*1-9-43(10-2)37-25-17-33(18-26-37)41(34-19-27-38(28-20-34)44(11-3)12-4)42(35-21-29-39(30-22-35)45(13-5)14-6)36-23-31-40(32-24-36)46(15-7)16-8/h2*17-32H,9-16H2,1-8H3. The van der Waals surface area contributed by atoms with Gasteiger partial charge in [-0.1, -0.05) is 97.1 Å². The molecule has 0 saturated heterocycles. The predicted molar refractivity (Wildman–Crippen MR) is 410 cm³/mol. The summed E-state index contributed by atoms with van der Waals surface area (Å²) in [7, 11) is 0. The van der Waals surface area contributed by atoms with Crippen molar-refractivity contribution in [2.45, 2.75) is 111 Å². The summed E-state index contributed by atoms with van der Waals surface area (Å²) in [5.74, 6) is 0. The first-order valence-corrected chi connectivity index (χ1v) is 35.2. The van der Waals surface area contributed by atoms with E-state index in [2.05, 4.69) is 344 Å². The molecule has 0 amide bonds. The van der Waals surface area contributed by atoms with Gasteiger partial charge in [0.1, 0.15) is 0 Å². The van der Waals surface area contributed by atoms with Gasteiger partial charge in [0.2, 0.25) is 0 Å². The molecule has 0 aromatic heterocycles. The van der Waals surface area contributed by atoms with E-state index in [4.69, 9.17) is 0 Å². The van der Waals surface area contributed by atoms with Crippen LogP contribution in [0.3, 0.4) is 0 Å². The highest BCUT2D eigenvalue weighted by molar-refractivity contribution is 6.06. The molecule has 92 heavy (non-hydrogen) atoms. The average molecular weight is 1230 g/mol. The first-order valence-electron chi connectivity index (χ1n) is 35.2. The molecule has 0 heterocycles. The Balaban J connectivity index is 0.000000261. The minimum absolute atomic E-state index is 0.994. The Hall–Kier alpha value is -8.36. The highest BCUT2D eigenvalue weighted by atomic mass is 15.1. The maximum absolute atomic E-state index is 2.41. The van der Waals surface area contributed by atoms with Gasteiger partial charge in [-0.25, -0.2) is 0 Å². The summed E-state index contributed by atoms with van der Waals surface area (Å²) in [4.78, 5) is 19.3. The number of benzene rings is 8. The third kappa shape index (κ3) is 17.2. The fourth-order valence-corrected chi connectivity index (χ4v) is 13.2. The summed E-state index contributed by atoms with van der Waals surface area (Å²) in [6.07, 6.45) is 0. The highest BCUT2D eigenvalue weighted by Gasteiger charge is 2.21. The summed E-state index contributed by atoms with van der Waals surface area (Å²) >= 11 is 0. The first kappa shape index (κ1) is 71.1. The van der Waals surface area contributed by atoms with Crippen LogP contribution in [0.1, 0.15) is 155 Å². The molecule has 8 heteroatoms. The maximum atomic E-state index is 2.41. The number of rotatable bonds is 32. The minimum atomic E-state index is 0.994. The molecule has 0 spiro atoms. The van der Waals surface area contributed by atoms with E-state index >= 15 is 0 Å². The van der Waals surface area contributed by atoms with Crippen molar-refractivity contribution < 1.29 is 0 Å². The summed E-state index contributed by atoms with van der Waals surface area (Å²) in [6.45, 7) is 51.5. The van der Waals surface area contributed by atoms with Crippen molar-refractivity contribution in [2.75, 3.05) is 144 Å². The molecule has 8 nitrogen and oxygen atoms in total. The van der Waals surface area contributed by atoms with Gasteiger partial charge >= 0.3 is 0 Å². The van der Waals surface area contributed by atoms with Crippen LogP contribution in [0.25, 0.3) is 22.3 Å². The van der Waals surface area contributed by atoms with Crippen molar-refractivity contribution in [3.8, 4) is 0 Å². The highest BCUT2D eigenvalue weighted by Crippen LogP contribution is 2.42. The van der Waals surface area contributed by atoms with E-state index in [9.17, 15) is 0 Å². The zero-order valence-corrected chi connectivity index (χ0v) is 59.4. The second-order valence-electron chi connectivity index (χ2n) is 23.3. The summed E-state index contributed by atoms with van der Waals surface area (Å²) < 4.78 is 0. The van der Waals surface area contributed by atoms with Crippen LogP contribution in [-0.2, 0) is 0 Å². The Labute approximate surface area is 558 Å². The molecule has 8 rings (SSSR count). The van der Waals surface area contributed by atoms with Crippen molar-refractivity contribution in [1.29, 1.82) is 0 Å². The predicted octanol–water partition coefficient (Wildman–Crippen LogP) is 20.2. The lowest BCUT2D eigenvalue weighted by molar-refractivity contribution is 0.866. The van der Waals surface area contributed by atoms with E-state index in [-0.39, 0.29) is 0 Å². The molecule has 0 bridgehead atoms. The number of hydrogen-bond acceptors (Lipinski definition) is 8. The molecule has 0 fully saturated rings. The number of nitrogens with zero attached hydrogens (tertiary/aromatic N) is 8. The van der Waals surface area contributed by atoms with Crippen molar-refractivity contribution in [2.24, 2.45) is 0 Å². The molecular formula is C84H112N8. The third-order valence-electron chi connectivity index (χ3n) is 18.8. The van der Waals surface area contributed by atoms with E-state index in [1.807, 2.05) is 0 Å². The Bertz CT molecular complexity index is 2740. The fourth-order valence-electron chi connectivity index (χ4n) is 13.2. The van der Waals surface area contributed by atoms with Gasteiger partial charge in [-0.15, -0.1) is 0 Å². The molecule has 0 aliphatic rings. The van der Waals surface area contributed by atoms with Crippen LogP contribution >= 0.6 is 0 Å². The van der Waals surface area contributed by atoms with Gasteiger partial charge in [0.05, 0.1) is 0 Å². The molecule has 488 valence electrons. The quantitative estimate of drug-likeness (QED) is 0.0385. The Morgan fingerprint density at radius 3 is 0.283 bits per heavy atom. The van der Waals surface area contributed by atoms with E-state index in [1.54, 1.807) is 0 Å². The molecule has 0 unspecified atom stereocenters. The van der Waals surface area contributed by atoms with Crippen LogP contribution in [-0.4, -0.2) is 105 Å².